The van der Waals surface area contributed by atoms with E-state index in [-0.39, 0.29) is 12.4 Å². The predicted molar refractivity (Wildman–Crippen MR) is 129 cm³/mol. The van der Waals surface area contributed by atoms with E-state index in [4.69, 9.17) is 25.8 Å². The van der Waals surface area contributed by atoms with E-state index in [0.29, 0.717) is 22.1 Å². The Morgan fingerprint density at radius 2 is 1.64 bits per heavy atom. The maximum absolute atomic E-state index is 13.4. The quantitative estimate of drug-likeness (QED) is 0.253. The summed E-state index contributed by atoms with van der Waals surface area (Å²) in [6, 6.07) is 26.8. The second kappa shape index (κ2) is 10.7. The molecule has 0 unspecified atom stereocenters. The van der Waals surface area contributed by atoms with E-state index in [2.05, 4.69) is 4.99 Å². The van der Waals surface area contributed by atoms with Gasteiger partial charge in [-0.15, -0.1) is 0 Å². The fraction of sp³-hybridized carbons (Fsp3) is 0.0741. The topological polar surface area (TPSA) is 40.0 Å². The second-order valence-electron chi connectivity index (χ2n) is 7.12. The molecule has 0 atom stereocenters. The maximum Gasteiger partial charge on any atom is 0.180 e. The predicted octanol–water partition coefficient (Wildman–Crippen LogP) is 7.61. The van der Waals surface area contributed by atoms with Gasteiger partial charge in [-0.3, -0.25) is 4.99 Å². The van der Waals surface area contributed by atoms with Crippen molar-refractivity contribution in [3.05, 3.63) is 113 Å². The number of benzene rings is 4. The van der Waals surface area contributed by atoms with Gasteiger partial charge in [0.15, 0.2) is 11.5 Å². The minimum Gasteiger partial charge on any atom is -0.493 e. The van der Waals surface area contributed by atoms with Gasteiger partial charge in [-0.05, 0) is 71.8 Å². The van der Waals surface area contributed by atoms with E-state index >= 15 is 0 Å². The van der Waals surface area contributed by atoms with Crippen molar-refractivity contribution in [2.24, 2.45) is 4.99 Å². The molecule has 33 heavy (non-hydrogen) atoms. The zero-order valence-corrected chi connectivity index (χ0v) is 18.6. The van der Waals surface area contributed by atoms with Crippen LogP contribution >= 0.6 is 11.6 Å². The van der Waals surface area contributed by atoms with Gasteiger partial charge in [0.2, 0.25) is 0 Å². The first-order chi connectivity index (χ1) is 16.1. The minimum absolute atomic E-state index is 0.165. The molecule has 4 nitrogen and oxygen atoms in total. The molecule has 0 aliphatic rings. The van der Waals surface area contributed by atoms with Crippen molar-refractivity contribution in [1.82, 2.24) is 0 Å². The Balaban J connectivity index is 1.45. The van der Waals surface area contributed by atoms with E-state index in [0.717, 1.165) is 22.7 Å². The monoisotopic (exact) mass is 461 g/mol. The van der Waals surface area contributed by atoms with Gasteiger partial charge in [0.25, 0.3) is 0 Å². The molecule has 0 bridgehead atoms. The summed E-state index contributed by atoms with van der Waals surface area (Å²) in [5.41, 5.74) is 2.20. The van der Waals surface area contributed by atoms with Gasteiger partial charge in [0.05, 0.1) is 17.8 Å². The van der Waals surface area contributed by atoms with E-state index in [1.807, 2.05) is 54.6 Å². The van der Waals surface area contributed by atoms with Gasteiger partial charge < -0.3 is 14.2 Å². The molecule has 4 aromatic carbocycles. The number of para-hydroxylation sites is 1. The van der Waals surface area contributed by atoms with Gasteiger partial charge in [0, 0.05) is 6.21 Å². The fourth-order valence-corrected chi connectivity index (χ4v) is 3.38. The van der Waals surface area contributed by atoms with Crippen LogP contribution in [0.4, 0.5) is 10.1 Å². The Morgan fingerprint density at radius 3 is 2.36 bits per heavy atom. The van der Waals surface area contributed by atoms with Gasteiger partial charge in [0.1, 0.15) is 23.9 Å². The number of nitrogens with zero attached hydrogens (tertiary/aromatic N) is 1. The smallest absolute Gasteiger partial charge is 0.180 e. The van der Waals surface area contributed by atoms with Crippen molar-refractivity contribution in [1.29, 1.82) is 0 Å². The summed E-state index contributed by atoms with van der Waals surface area (Å²) in [6.45, 7) is 0.165. The van der Waals surface area contributed by atoms with Crippen LogP contribution in [0.15, 0.2) is 96.0 Å². The summed E-state index contributed by atoms with van der Waals surface area (Å²) in [6.07, 6.45) is 1.69. The van der Waals surface area contributed by atoms with Crippen molar-refractivity contribution in [3.63, 3.8) is 0 Å². The van der Waals surface area contributed by atoms with Crippen molar-refractivity contribution >= 4 is 23.5 Å². The molecule has 4 aromatic rings. The summed E-state index contributed by atoms with van der Waals surface area (Å²) in [5.74, 6) is 2.04. The molecular weight excluding hydrogens is 441 g/mol. The Labute approximate surface area is 196 Å². The number of rotatable bonds is 8. The zero-order valence-electron chi connectivity index (χ0n) is 17.9. The van der Waals surface area contributed by atoms with Gasteiger partial charge in [-0.25, -0.2) is 4.39 Å². The van der Waals surface area contributed by atoms with Crippen LogP contribution in [0.2, 0.25) is 5.02 Å². The molecule has 0 aliphatic carbocycles. The molecule has 0 saturated heterocycles. The van der Waals surface area contributed by atoms with Crippen LogP contribution in [-0.2, 0) is 6.61 Å². The van der Waals surface area contributed by atoms with Gasteiger partial charge in [-0.1, -0.05) is 41.9 Å². The van der Waals surface area contributed by atoms with Gasteiger partial charge in [-0.2, -0.15) is 0 Å². The first-order valence-corrected chi connectivity index (χ1v) is 10.6. The zero-order chi connectivity index (χ0) is 23.0. The molecular formula is C27H21ClFNO3. The standard InChI is InChI=1S/C27H21ClFNO3/c1-31-26-16-20(15-25(28)27(26)32-18-19-6-5-7-21(29)14-19)17-30-22-10-12-24(13-11-22)33-23-8-3-2-4-9-23/h2-17H,18H2,1H3. The van der Waals surface area contributed by atoms with E-state index in [9.17, 15) is 4.39 Å². The summed E-state index contributed by atoms with van der Waals surface area (Å²) in [7, 11) is 1.53. The summed E-state index contributed by atoms with van der Waals surface area (Å²) < 4.78 is 30.4. The highest BCUT2D eigenvalue weighted by molar-refractivity contribution is 6.32. The first kappa shape index (κ1) is 22.4. The Hall–Kier alpha value is -3.83. The lowest BCUT2D eigenvalue weighted by Gasteiger charge is -2.13. The highest BCUT2D eigenvalue weighted by Crippen LogP contribution is 2.37. The number of methoxy groups -OCH3 is 1. The van der Waals surface area contributed by atoms with Crippen LogP contribution in [0.1, 0.15) is 11.1 Å². The molecule has 0 aliphatic heterocycles. The lowest BCUT2D eigenvalue weighted by Crippen LogP contribution is -2.00. The maximum atomic E-state index is 13.4. The van der Waals surface area contributed by atoms with Crippen molar-refractivity contribution < 1.29 is 18.6 Å². The molecule has 4 rings (SSSR count). The normalized spacial score (nSPS) is 10.9. The Kier molecular flexibility index (Phi) is 7.22. The van der Waals surface area contributed by atoms with E-state index in [1.165, 1.54) is 19.2 Å². The third kappa shape index (κ3) is 6.11. The van der Waals surface area contributed by atoms with Crippen molar-refractivity contribution in [2.45, 2.75) is 6.61 Å². The molecule has 0 spiro atoms. The SMILES string of the molecule is COc1cc(C=Nc2ccc(Oc3ccccc3)cc2)cc(Cl)c1OCc1cccc(F)c1. The minimum atomic E-state index is -0.319. The Bertz CT molecular complexity index is 1240. The summed E-state index contributed by atoms with van der Waals surface area (Å²) in [5, 5.41) is 0.374. The average molecular weight is 462 g/mol. The highest BCUT2D eigenvalue weighted by Gasteiger charge is 2.12. The van der Waals surface area contributed by atoms with Crippen LogP contribution in [0.25, 0.3) is 0 Å². The molecule has 6 heteroatoms. The number of ether oxygens (including phenoxy) is 3. The molecule has 0 saturated carbocycles. The van der Waals surface area contributed by atoms with E-state index < -0.39 is 0 Å². The Morgan fingerprint density at radius 1 is 0.879 bits per heavy atom. The summed E-state index contributed by atoms with van der Waals surface area (Å²) in [4.78, 5) is 4.50. The van der Waals surface area contributed by atoms with Crippen LogP contribution in [0.5, 0.6) is 23.0 Å². The highest BCUT2D eigenvalue weighted by atomic mass is 35.5. The number of hydrogen-bond donors (Lipinski definition) is 0. The van der Waals surface area contributed by atoms with E-state index in [1.54, 1.807) is 30.5 Å². The molecule has 0 aromatic heterocycles. The first-order valence-electron chi connectivity index (χ1n) is 10.2. The molecule has 0 radical (unpaired) electrons. The van der Waals surface area contributed by atoms with Crippen LogP contribution in [0.3, 0.4) is 0 Å². The van der Waals surface area contributed by atoms with Crippen LogP contribution in [-0.4, -0.2) is 13.3 Å². The number of halogens is 2. The molecule has 0 fully saturated rings. The third-order valence-electron chi connectivity index (χ3n) is 4.70. The van der Waals surface area contributed by atoms with Crippen molar-refractivity contribution in [3.8, 4) is 23.0 Å². The largest absolute Gasteiger partial charge is 0.493 e. The summed E-state index contributed by atoms with van der Waals surface area (Å²) >= 11 is 6.43. The van der Waals surface area contributed by atoms with Crippen LogP contribution < -0.4 is 14.2 Å². The van der Waals surface area contributed by atoms with Gasteiger partial charge >= 0.3 is 0 Å². The molecule has 0 heterocycles. The lowest BCUT2D eigenvalue weighted by atomic mass is 10.2. The molecule has 0 amide bonds. The average Bonchev–Trinajstić information content (AvgIpc) is 2.83. The molecule has 0 N–H and O–H groups in total. The molecule has 166 valence electrons. The lowest BCUT2D eigenvalue weighted by molar-refractivity contribution is 0.284. The van der Waals surface area contributed by atoms with Crippen LogP contribution in [0, 0.1) is 5.82 Å². The third-order valence-corrected chi connectivity index (χ3v) is 4.98. The number of aliphatic imine (C=N–C) groups is 1. The second-order valence-corrected chi connectivity index (χ2v) is 7.53. The fourth-order valence-electron chi connectivity index (χ4n) is 3.11. The number of hydrogen-bond acceptors (Lipinski definition) is 4. The van der Waals surface area contributed by atoms with Crippen molar-refractivity contribution in [2.75, 3.05) is 7.11 Å².